The van der Waals surface area contributed by atoms with E-state index in [1.807, 2.05) is 46.6 Å². The number of carbonyl (C=O) groups excluding carboxylic acids is 1. The summed E-state index contributed by atoms with van der Waals surface area (Å²) in [5.41, 5.74) is 5.26. The fraction of sp³-hybridized carbons (Fsp3) is 0.259. The number of allylic oxidation sites excluding steroid dienone is 3. The first-order valence-corrected chi connectivity index (χ1v) is 12.7. The van der Waals surface area contributed by atoms with E-state index in [1.54, 1.807) is 11.3 Å². The van der Waals surface area contributed by atoms with Crippen LogP contribution >= 0.6 is 27.3 Å². The molecule has 1 atom stereocenters. The van der Waals surface area contributed by atoms with Gasteiger partial charge in [0.25, 0.3) is 0 Å². The summed E-state index contributed by atoms with van der Waals surface area (Å²) >= 11 is 5.17. The molecule has 0 radical (unpaired) electrons. The van der Waals surface area contributed by atoms with Gasteiger partial charge >= 0.3 is 0 Å². The lowest BCUT2D eigenvalue weighted by Gasteiger charge is -2.45. The zero-order valence-corrected chi connectivity index (χ0v) is 21.2. The number of halogens is 1. The average Bonchev–Trinajstić information content (AvgIpc) is 3.46. The number of Topliss-reactive ketones (excluding diaryl/α,β-unsaturated/α-hetero) is 1. The maximum atomic E-state index is 13.7. The Bertz CT molecular complexity index is 1340. The molecule has 0 spiro atoms. The van der Waals surface area contributed by atoms with Gasteiger partial charge in [-0.1, -0.05) is 29.8 Å². The van der Waals surface area contributed by atoms with Gasteiger partial charge in [0.05, 0.1) is 23.2 Å². The summed E-state index contributed by atoms with van der Waals surface area (Å²) in [6.07, 6.45) is 5.19. The van der Waals surface area contributed by atoms with Crippen molar-refractivity contribution in [1.82, 2.24) is 4.57 Å². The highest BCUT2D eigenvalue weighted by Gasteiger charge is 2.45. The summed E-state index contributed by atoms with van der Waals surface area (Å²) < 4.78 is 3.01. The van der Waals surface area contributed by atoms with Gasteiger partial charge in [-0.15, -0.1) is 0 Å². The molecule has 0 saturated heterocycles. The molecule has 33 heavy (non-hydrogen) atoms. The Morgan fingerprint density at radius 3 is 2.58 bits per heavy atom. The lowest BCUT2D eigenvalue weighted by Crippen LogP contribution is -2.40. The molecular weight excluding hydrogens is 494 g/mol. The molecule has 0 saturated carbocycles. The van der Waals surface area contributed by atoms with Gasteiger partial charge in [-0.25, -0.2) is 0 Å². The highest BCUT2D eigenvalue weighted by Crippen LogP contribution is 2.52. The minimum absolute atomic E-state index is 0.136. The van der Waals surface area contributed by atoms with Crippen LogP contribution in [0.3, 0.4) is 0 Å². The Balaban J connectivity index is 1.88. The third kappa shape index (κ3) is 3.70. The van der Waals surface area contributed by atoms with Crippen LogP contribution < -0.4 is 4.90 Å². The number of rotatable bonds is 3. The second-order valence-electron chi connectivity index (χ2n) is 9.50. The van der Waals surface area contributed by atoms with Gasteiger partial charge < -0.3 is 4.57 Å². The van der Waals surface area contributed by atoms with E-state index < -0.39 is 0 Å². The summed E-state index contributed by atoms with van der Waals surface area (Å²) in [5.74, 6) is 0.578. The monoisotopic (exact) mass is 517 g/mol. The highest BCUT2D eigenvalue weighted by atomic mass is 79.9. The van der Waals surface area contributed by atoms with Gasteiger partial charge in [-0.05, 0) is 77.0 Å². The van der Waals surface area contributed by atoms with Crippen LogP contribution in [0.5, 0.6) is 0 Å². The highest BCUT2D eigenvalue weighted by molar-refractivity contribution is 9.10. The second-order valence-corrected chi connectivity index (χ2v) is 11.2. The predicted octanol–water partition coefficient (Wildman–Crippen LogP) is 7.26. The number of nitriles is 1. The van der Waals surface area contributed by atoms with Gasteiger partial charge in [0.1, 0.15) is 5.82 Å². The van der Waals surface area contributed by atoms with E-state index in [1.165, 1.54) is 0 Å². The standard InChI is InChI=1S/C27H24BrN3OS/c1-17-12-19(28)6-7-21(17)31-22-13-27(2,3)14-23(32)25(22)24(18-8-11-33-16-18)20(15-29)26(31)30-9-4-5-10-30/h4-12,16,24H,13-14H2,1-3H3/t24-/m0/s1. The molecular formula is C27H24BrN3OS. The van der Waals surface area contributed by atoms with E-state index in [0.717, 1.165) is 44.8 Å². The normalized spacial score (nSPS) is 20.2. The molecule has 5 rings (SSSR count). The Hall–Kier alpha value is -2.88. The molecule has 2 aliphatic rings. The summed E-state index contributed by atoms with van der Waals surface area (Å²) in [5, 5.41) is 14.6. The fourth-order valence-electron chi connectivity index (χ4n) is 5.10. The van der Waals surface area contributed by atoms with Gasteiger partial charge in [-0.2, -0.15) is 16.6 Å². The number of aryl methyl sites for hydroxylation is 1. The Morgan fingerprint density at radius 2 is 1.94 bits per heavy atom. The maximum absolute atomic E-state index is 13.7. The number of hydrogen-bond donors (Lipinski definition) is 0. The van der Waals surface area contributed by atoms with Crippen LogP contribution in [-0.4, -0.2) is 10.4 Å². The number of benzene rings is 1. The van der Waals surface area contributed by atoms with Crippen LogP contribution in [0.25, 0.3) is 5.82 Å². The number of anilines is 1. The Kier molecular flexibility index (Phi) is 5.43. The van der Waals surface area contributed by atoms with Gasteiger partial charge in [0, 0.05) is 34.6 Å². The van der Waals surface area contributed by atoms with Crippen molar-refractivity contribution in [3.8, 4) is 6.07 Å². The molecule has 0 fully saturated rings. The summed E-state index contributed by atoms with van der Waals surface area (Å²) in [4.78, 5) is 15.9. The number of thiophene rings is 1. The average molecular weight is 518 g/mol. The maximum Gasteiger partial charge on any atom is 0.162 e. The van der Waals surface area contributed by atoms with Crippen molar-refractivity contribution in [2.75, 3.05) is 4.90 Å². The van der Waals surface area contributed by atoms with Crippen LogP contribution in [0.2, 0.25) is 0 Å². The van der Waals surface area contributed by atoms with Crippen LogP contribution in [0, 0.1) is 23.7 Å². The lowest BCUT2D eigenvalue weighted by atomic mass is 9.69. The van der Waals surface area contributed by atoms with Crippen LogP contribution in [-0.2, 0) is 4.79 Å². The molecule has 3 aromatic rings. The third-order valence-corrected chi connectivity index (χ3v) is 7.64. The minimum atomic E-state index is -0.357. The molecule has 3 heterocycles. The van der Waals surface area contributed by atoms with E-state index in [2.05, 4.69) is 65.2 Å². The van der Waals surface area contributed by atoms with Gasteiger partial charge in [-0.3, -0.25) is 9.69 Å². The second kappa shape index (κ2) is 8.16. The first-order valence-electron chi connectivity index (χ1n) is 10.9. The van der Waals surface area contributed by atoms with E-state index in [4.69, 9.17) is 0 Å². The van der Waals surface area contributed by atoms with Crippen LogP contribution in [0.15, 0.2) is 80.9 Å². The van der Waals surface area contributed by atoms with E-state index in [0.29, 0.717) is 12.0 Å². The molecule has 166 valence electrons. The first-order chi connectivity index (χ1) is 15.8. The van der Waals surface area contributed by atoms with Crippen molar-refractivity contribution in [1.29, 1.82) is 5.26 Å². The molecule has 1 aromatic carbocycles. The number of carbonyl (C=O) groups is 1. The molecule has 0 amide bonds. The number of ketones is 1. The van der Waals surface area contributed by atoms with Crippen LogP contribution in [0.4, 0.5) is 5.69 Å². The fourth-order valence-corrected chi connectivity index (χ4v) is 6.26. The molecule has 4 nitrogen and oxygen atoms in total. The molecule has 0 N–H and O–H groups in total. The molecule has 2 aromatic heterocycles. The summed E-state index contributed by atoms with van der Waals surface area (Å²) in [6.45, 7) is 6.37. The molecule has 0 bridgehead atoms. The molecule has 1 aliphatic heterocycles. The quantitative estimate of drug-likeness (QED) is 0.367. The molecule has 6 heteroatoms. The summed E-state index contributed by atoms with van der Waals surface area (Å²) in [7, 11) is 0. The zero-order chi connectivity index (χ0) is 23.3. The van der Waals surface area contributed by atoms with Crippen molar-refractivity contribution in [2.45, 2.75) is 39.5 Å². The number of aromatic nitrogens is 1. The van der Waals surface area contributed by atoms with Crippen molar-refractivity contribution in [3.05, 3.63) is 92.0 Å². The topological polar surface area (TPSA) is 49.0 Å². The molecule has 0 unspecified atom stereocenters. The Morgan fingerprint density at radius 1 is 1.18 bits per heavy atom. The van der Waals surface area contributed by atoms with E-state index >= 15 is 0 Å². The van der Waals surface area contributed by atoms with Crippen molar-refractivity contribution >= 4 is 44.6 Å². The van der Waals surface area contributed by atoms with E-state index in [-0.39, 0.29) is 17.1 Å². The summed E-state index contributed by atoms with van der Waals surface area (Å²) in [6, 6.07) is 14.6. The first kappa shape index (κ1) is 21.9. The van der Waals surface area contributed by atoms with Crippen molar-refractivity contribution < 1.29 is 4.79 Å². The van der Waals surface area contributed by atoms with Crippen LogP contribution in [0.1, 0.15) is 43.7 Å². The van der Waals surface area contributed by atoms with Gasteiger partial charge in [0.15, 0.2) is 5.78 Å². The minimum Gasteiger partial charge on any atom is -0.309 e. The Labute approximate surface area is 206 Å². The SMILES string of the molecule is Cc1cc(Br)ccc1N1C2=C(C(=O)CC(C)(C)C2)[C@@H](c2ccsc2)C(C#N)=C1n1cccc1. The number of hydrogen-bond acceptors (Lipinski definition) is 4. The largest absolute Gasteiger partial charge is 0.309 e. The van der Waals surface area contributed by atoms with Crippen molar-refractivity contribution in [3.63, 3.8) is 0 Å². The smallest absolute Gasteiger partial charge is 0.162 e. The number of nitrogens with zero attached hydrogens (tertiary/aromatic N) is 3. The predicted molar refractivity (Wildman–Crippen MR) is 137 cm³/mol. The van der Waals surface area contributed by atoms with Gasteiger partial charge in [0.2, 0.25) is 0 Å². The lowest BCUT2D eigenvalue weighted by molar-refractivity contribution is -0.118. The molecule has 1 aliphatic carbocycles. The van der Waals surface area contributed by atoms with Crippen molar-refractivity contribution in [2.24, 2.45) is 5.41 Å². The third-order valence-electron chi connectivity index (χ3n) is 6.44. The zero-order valence-electron chi connectivity index (χ0n) is 18.8. The van der Waals surface area contributed by atoms with E-state index in [9.17, 15) is 10.1 Å².